The predicted octanol–water partition coefficient (Wildman–Crippen LogP) is 1.08. The van der Waals surface area contributed by atoms with Gasteiger partial charge in [0.25, 0.3) is 0 Å². The smallest absolute Gasteiger partial charge is 0.0776 e. The third-order valence-electron chi connectivity index (χ3n) is 0. The monoisotopic (exact) mass is 66.1 g/mol. The molecule has 0 saturated carbocycles. The van der Waals surface area contributed by atoms with Gasteiger partial charge >= 0.3 is 0 Å². The Morgan fingerprint density at radius 2 is 0.500 bits per heavy atom. The zero-order chi connectivity index (χ0) is 0. The Kier molecular flexibility index (Phi) is 38500000. The van der Waals surface area contributed by atoms with Crippen molar-refractivity contribution in [1.29, 1.82) is 0 Å². The Bertz CT molecular complexity index is 3.25. The summed E-state index contributed by atoms with van der Waals surface area (Å²) in [5.41, 5.74) is 0. The van der Waals surface area contributed by atoms with Crippen LogP contribution in [0.1, 0.15) is 22.3 Å². The minimum Gasteiger partial charge on any atom is -0.412 e. The Morgan fingerprint density at radius 1 is 0.500 bits per heavy atom. The molecule has 0 atom stereocenters. The van der Waals surface area contributed by atoms with E-state index in [0.29, 0.717) is 0 Å². The summed E-state index contributed by atoms with van der Waals surface area (Å²) in [5, 5.41) is 0. The van der Waals surface area contributed by atoms with Gasteiger partial charge in [-0.1, -0.05) is 22.3 Å². The van der Waals surface area contributed by atoms with E-state index in [1.54, 1.807) is 0 Å². The van der Waals surface area contributed by atoms with Crippen molar-refractivity contribution in [2.45, 2.75) is 22.3 Å². The van der Waals surface area contributed by atoms with Gasteiger partial charge in [0.2, 0.25) is 0 Å². The Balaban J connectivity index is 0. The molecule has 0 fully saturated rings. The van der Waals surface area contributed by atoms with Gasteiger partial charge in [-0.25, -0.2) is 0 Å². The van der Waals surface area contributed by atoms with E-state index in [9.17, 15) is 0 Å². The van der Waals surface area contributed by atoms with E-state index in [0.717, 1.165) is 0 Å². The maximum Gasteiger partial charge on any atom is -0.0776 e. The van der Waals surface area contributed by atoms with Crippen molar-refractivity contribution in [2.75, 3.05) is 0 Å². The first kappa shape index (κ1) is 21700. The molecule has 0 amide bonds. The molecule has 1 heteroatoms. The first-order valence-electron chi connectivity index (χ1n) is 0. The van der Waals surface area contributed by atoms with Gasteiger partial charge in [0.05, 0.1) is 0 Å². The second-order valence-corrected chi connectivity index (χ2v) is 0. The lowest BCUT2D eigenvalue weighted by Crippen LogP contribution is -0.289. The van der Waals surface area contributed by atoms with E-state index in [2.05, 4.69) is 0 Å². The number of rotatable bonds is 0. The Labute approximate surface area is 29.0 Å². The Morgan fingerprint density at radius 3 is 0.500 bits per heavy atom. The maximum atomic E-state index is 0. The zero-order valence-corrected chi connectivity index (χ0v) is 0.500. The molecule has 0 unspecified atom stereocenters. The first-order chi connectivity index (χ1) is 0. The standard InChI is InChI=1S/3CH4.H2O/h3*1H4;1H2. The molecule has 0 spiro atoms. The lowest BCUT2D eigenvalue weighted by atomic mass is 12.0. The molecule has 0 aromatic carbocycles. The van der Waals surface area contributed by atoms with Crippen LogP contribution in [0.15, 0.2) is 0 Å². The predicted molar refractivity (Wildman–Crippen MR) is 23.8 cm³/mol. The molecular formula is C3H14O. The molecule has 0 rings (SSSR count). The van der Waals surface area contributed by atoms with E-state index in [-0.39, 0.29) is 27.8 Å². The van der Waals surface area contributed by atoms with Crippen molar-refractivity contribution < 1.29 is 5.48 Å². The summed E-state index contributed by atoms with van der Waals surface area (Å²) in [7, 11) is 0. The lowest BCUT2D eigenvalue weighted by molar-refractivity contribution is 0.824. The maximum absolute atomic E-state index is 0. The van der Waals surface area contributed by atoms with Crippen LogP contribution < -0.4 is 0 Å². The quantitative estimate of drug-likeness (QED) is 0.405. The highest BCUT2D eigenvalue weighted by Crippen LogP contribution is 0.146. The van der Waals surface area contributed by atoms with Crippen LogP contribution in [-0.2, 0) is 0 Å². The van der Waals surface area contributed by atoms with Crippen molar-refractivity contribution in [2.24, 2.45) is 0 Å². The molecule has 0 aromatic rings. The fourth-order valence-electron chi connectivity index (χ4n) is 0. The molecule has 4 heavy (non-hydrogen) atoms. The van der Waals surface area contributed by atoms with Gasteiger partial charge in [-0.15, -0.1) is 0 Å². The molecule has 1 nitrogen and oxygen atoms in total. The van der Waals surface area contributed by atoms with Crippen LogP contribution in [-0.4, -0.2) is 5.48 Å². The van der Waals surface area contributed by atoms with Gasteiger partial charge < -0.3 is 5.48 Å². The molecular weight excluding hydrogens is 52.0 g/mol. The summed E-state index contributed by atoms with van der Waals surface area (Å²) in [6, 6.07) is 0. The molecule has 0 aromatic heterocycles. The highest BCUT2D eigenvalue weighted by Gasteiger charge is -0.0755. The first-order valence-corrected chi connectivity index (χ1v) is 0. The van der Waals surface area contributed by atoms with Gasteiger partial charge in [-0.05, 0) is 0 Å². The van der Waals surface area contributed by atoms with Gasteiger partial charge in [-0.3, -0.25) is 0 Å². The summed E-state index contributed by atoms with van der Waals surface area (Å²) < 4.78 is 0. The zero-order valence-electron chi connectivity index (χ0n) is 0.500. The molecule has 0 radical (unpaired) electrons. The third-order valence-corrected chi connectivity index (χ3v) is 0. The van der Waals surface area contributed by atoms with E-state index in [1.807, 2.05) is 0 Å². The summed E-state index contributed by atoms with van der Waals surface area (Å²) in [4.78, 5) is 0. The largest absolute Gasteiger partial charge is 0.412 e. The minimum atomic E-state index is 0. The van der Waals surface area contributed by atoms with Crippen LogP contribution in [0, 0.1) is 0 Å². The van der Waals surface area contributed by atoms with E-state index in [4.69, 9.17) is 0 Å². The van der Waals surface area contributed by atoms with Gasteiger partial charge in [0.15, 0.2) is 0 Å². The van der Waals surface area contributed by atoms with Crippen LogP contribution in [0.2, 0.25) is 0 Å². The van der Waals surface area contributed by atoms with E-state index >= 15 is 0 Å². The van der Waals surface area contributed by atoms with Crippen LogP contribution in [0.25, 0.3) is 0 Å². The van der Waals surface area contributed by atoms with Crippen molar-refractivity contribution in [1.82, 2.24) is 0 Å². The third kappa shape index (κ3) is 1130. The van der Waals surface area contributed by atoms with E-state index < -0.39 is 0 Å². The van der Waals surface area contributed by atoms with Gasteiger partial charge in [0, 0.05) is 0 Å². The molecule has 0 aliphatic carbocycles. The summed E-state index contributed by atoms with van der Waals surface area (Å²) in [5.74, 6) is 0. The summed E-state index contributed by atoms with van der Waals surface area (Å²) in [6.45, 7) is 0. The Hall–Kier alpha value is -0.0400. The van der Waals surface area contributed by atoms with Gasteiger partial charge in [0.1, 0.15) is 0 Å². The van der Waals surface area contributed by atoms with Crippen LogP contribution in [0.5, 0.6) is 0 Å². The molecule has 0 aliphatic rings. The molecule has 2 N–H and O–H groups in total. The fraction of sp³-hybridized carbons (Fsp3) is 1.00. The normalized spacial score (nSPS) is 0. The molecule has 0 aliphatic heterocycles. The minimum absolute atomic E-state index is 0. The average Bonchev–Trinajstić information content (AvgIpc) is 0. The SMILES string of the molecule is C.C.C.O. The van der Waals surface area contributed by atoms with Gasteiger partial charge in [-0.2, -0.15) is 0 Å². The van der Waals surface area contributed by atoms with E-state index in [1.165, 1.54) is 0 Å². The number of hydrogen-bond acceptors (Lipinski definition) is 0. The second-order valence-electron chi connectivity index (χ2n) is 0. The van der Waals surface area contributed by atoms with Crippen molar-refractivity contribution in [3.05, 3.63) is 0 Å². The average molecular weight is 66.1 g/mol. The number of hydrogen-bond donors (Lipinski definition) is 0. The van der Waals surface area contributed by atoms with Crippen LogP contribution in [0.3, 0.4) is 0 Å². The van der Waals surface area contributed by atoms with Crippen molar-refractivity contribution >= 4 is 0 Å². The topological polar surface area (TPSA) is 31.5 Å². The van der Waals surface area contributed by atoms with Crippen molar-refractivity contribution in [3.8, 4) is 0 Å². The molecule has 32 valence electrons. The summed E-state index contributed by atoms with van der Waals surface area (Å²) in [6.07, 6.45) is 0. The molecule has 0 bridgehead atoms. The van der Waals surface area contributed by atoms with Crippen molar-refractivity contribution in [3.63, 3.8) is 0 Å². The highest BCUT2D eigenvalue weighted by molar-refractivity contribution is 2.51. The van der Waals surface area contributed by atoms with Crippen LogP contribution >= 0.6 is 0 Å². The molecule has 0 heterocycles. The lowest BCUT2D eigenvalue weighted by Gasteiger charge is -0.412. The second kappa shape index (κ2) is 7110. The van der Waals surface area contributed by atoms with Crippen LogP contribution in [0.4, 0.5) is 0 Å². The summed E-state index contributed by atoms with van der Waals surface area (Å²) >= 11 is 0. The highest BCUT2D eigenvalue weighted by atomic mass is 16.0. The molecule has 0 saturated heterocycles. The fourth-order valence-corrected chi connectivity index (χ4v) is 0.